The Morgan fingerprint density at radius 1 is 0.364 bits per heavy atom. The summed E-state index contributed by atoms with van der Waals surface area (Å²) >= 11 is 0. The zero-order valence-electron chi connectivity index (χ0n) is 47.4. The van der Waals surface area contributed by atoms with Gasteiger partial charge < -0.3 is 14.9 Å². The van der Waals surface area contributed by atoms with Gasteiger partial charge >= 0.3 is 0 Å². The molecule has 5 heterocycles. The number of hydrogen-bond acceptors (Lipinski definition) is 3. The highest BCUT2D eigenvalue weighted by Crippen LogP contribution is 2.42. The van der Waals surface area contributed by atoms with E-state index in [0.717, 1.165) is 112 Å². The van der Waals surface area contributed by atoms with E-state index in [9.17, 15) is 0 Å². The molecular formula is C72H71N5. The molecule has 0 radical (unpaired) electrons. The smallest absolute Gasteiger partial charge is 0.0737 e. The lowest BCUT2D eigenvalue weighted by Crippen LogP contribution is -2.16. The van der Waals surface area contributed by atoms with E-state index < -0.39 is 0 Å². The maximum Gasteiger partial charge on any atom is 0.0737 e. The molecule has 0 unspecified atom stereocenters. The Balaban J connectivity index is 1.33. The van der Waals surface area contributed by atoms with Gasteiger partial charge in [0.15, 0.2) is 0 Å². The molecule has 2 aliphatic rings. The van der Waals surface area contributed by atoms with Gasteiger partial charge in [0, 0.05) is 80.8 Å². The van der Waals surface area contributed by atoms with Gasteiger partial charge in [-0.3, -0.25) is 0 Å². The predicted molar refractivity (Wildman–Crippen MR) is 330 cm³/mol. The summed E-state index contributed by atoms with van der Waals surface area (Å²) in [4.78, 5) is 21.4. The average molecular weight is 1010 g/mol. The molecule has 77 heavy (non-hydrogen) atoms. The van der Waals surface area contributed by atoms with Crippen molar-refractivity contribution in [1.29, 1.82) is 0 Å². The van der Waals surface area contributed by atoms with Crippen LogP contribution in [0.4, 0.5) is 5.69 Å². The number of benzene rings is 5. The Morgan fingerprint density at radius 3 is 0.935 bits per heavy atom. The highest BCUT2D eigenvalue weighted by molar-refractivity contribution is 6.00. The summed E-state index contributed by atoms with van der Waals surface area (Å²) in [5.41, 5.74) is 24.0. The molecule has 0 saturated carbocycles. The molecule has 8 bridgehead atoms. The van der Waals surface area contributed by atoms with Crippen LogP contribution < -0.4 is 4.90 Å². The minimum atomic E-state index is -0.106. The first-order valence-corrected chi connectivity index (χ1v) is 26.9. The summed E-state index contributed by atoms with van der Waals surface area (Å²) < 4.78 is 0. The third-order valence-corrected chi connectivity index (χ3v) is 14.9. The van der Waals surface area contributed by atoms with Crippen molar-refractivity contribution >= 4 is 52.1 Å². The van der Waals surface area contributed by atoms with Crippen LogP contribution in [0.3, 0.4) is 0 Å². The van der Waals surface area contributed by atoms with E-state index in [1.165, 1.54) is 22.3 Å². The van der Waals surface area contributed by atoms with Gasteiger partial charge in [0.25, 0.3) is 0 Å². The number of rotatable bonds is 5. The average Bonchev–Trinajstić information content (AvgIpc) is 4.26. The summed E-state index contributed by atoms with van der Waals surface area (Å²) in [5.74, 6) is 9.63. The lowest BCUT2D eigenvalue weighted by molar-refractivity contribution is 0.568. The van der Waals surface area contributed by atoms with Crippen LogP contribution in [0.5, 0.6) is 0 Å². The standard InChI is InChI=1S/C72H71N5/c1-16-45-19-25-48(26-20-45)65-57-31-35-61(73-57)67(50-39-52(69(2,3)4)43-53(40-50)70(5,6)7)63-37-33-59(75-63)66(49-27-21-46(22-28-49)17-18-47-23-29-56(30-24-47)77(14)15)60-34-38-64(76-60)68(62-36-32-58(65)74-62)51-41-54(71(8,9)10)44-55(42-51)72(11,12)13/h1,19-44,73,76H,2-15H3. The molecule has 10 rings (SSSR count). The van der Waals surface area contributed by atoms with Crippen molar-refractivity contribution in [3.63, 3.8) is 0 Å². The van der Waals surface area contributed by atoms with Crippen molar-refractivity contribution in [2.24, 2.45) is 0 Å². The largest absolute Gasteiger partial charge is 0.378 e. The topological polar surface area (TPSA) is 60.6 Å². The molecule has 0 aliphatic carbocycles. The molecule has 384 valence electrons. The fourth-order valence-corrected chi connectivity index (χ4v) is 10.1. The van der Waals surface area contributed by atoms with Gasteiger partial charge in [-0.25, -0.2) is 9.97 Å². The summed E-state index contributed by atoms with van der Waals surface area (Å²) in [6.07, 6.45) is 14.6. The number of H-pyrrole nitrogens is 2. The maximum atomic E-state index is 5.93. The fourth-order valence-electron chi connectivity index (χ4n) is 10.1. The van der Waals surface area contributed by atoms with E-state index >= 15 is 0 Å². The number of aromatic amines is 2. The lowest BCUT2D eigenvalue weighted by atomic mass is 9.78. The van der Waals surface area contributed by atoms with Gasteiger partial charge in [0.05, 0.1) is 22.8 Å². The molecule has 2 N–H and O–H groups in total. The van der Waals surface area contributed by atoms with E-state index in [4.69, 9.17) is 16.4 Å². The van der Waals surface area contributed by atoms with Crippen molar-refractivity contribution < 1.29 is 0 Å². The summed E-state index contributed by atoms with van der Waals surface area (Å²) in [5, 5.41) is 0. The van der Waals surface area contributed by atoms with Crippen LogP contribution in [0.2, 0.25) is 0 Å². The van der Waals surface area contributed by atoms with E-state index in [1.807, 2.05) is 26.2 Å². The molecule has 8 aromatic rings. The van der Waals surface area contributed by atoms with Crippen LogP contribution in [0.1, 0.15) is 145 Å². The molecule has 0 fully saturated rings. The molecule has 5 aromatic carbocycles. The maximum absolute atomic E-state index is 5.93. The predicted octanol–water partition coefficient (Wildman–Crippen LogP) is 18.0. The third-order valence-electron chi connectivity index (χ3n) is 14.9. The molecule has 0 amide bonds. The molecule has 0 spiro atoms. The molecule has 2 aliphatic heterocycles. The Labute approximate surface area is 457 Å². The summed E-state index contributed by atoms with van der Waals surface area (Å²) in [6.45, 7) is 27.5. The quantitative estimate of drug-likeness (QED) is 0.169. The van der Waals surface area contributed by atoms with Gasteiger partial charge in [0.1, 0.15) is 0 Å². The Hall–Kier alpha value is -8.38. The highest BCUT2D eigenvalue weighted by Gasteiger charge is 2.26. The SMILES string of the molecule is C#Cc1ccc(-c2c3nc(c(-c4cc(C(C)(C)C)cc(C(C)(C)C)c4)c4ccc([nH]4)c(-c4ccc(C#Cc5ccc(N(C)C)cc5)cc4)c4nc(c(-c5cc(C(C)(C)C)cc(C(C)(C)C)c5)c5ccc2[nH]5)C=C4)C=C3)cc1. The molecular weight excluding hydrogens is 935 g/mol. The number of aromatic nitrogens is 4. The number of terminal acetylenes is 1. The first-order chi connectivity index (χ1) is 36.4. The van der Waals surface area contributed by atoms with Crippen LogP contribution >= 0.6 is 0 Å². The van der Waals surface area contributed by atoms with Crippen molar-refractivity contribution in [3.05, 3.63) is 195 Å². The van der Waals surface area contributed by atoms with Crippen molar-refractivity contribution in [2.45, 2.75) is 105 Å². The first-order valence-electron chi connectivity index (χ1n) is 26.9. The summed E-state index contributed by atoms with van der Waals surface area (Å²) in [7, 11) is 4.10. The van der Waals surface area contributed by atoms with E-state index in [2.05, 4.69) is 261 Å². The minimum Gasteiger partial charge on any atom is -0.378 e. The molecule has 5 heteroatoms. The van der Waals surface area contributed by atoms with Crippen LogP contribution in [0, 0.1) is 24.2 Å². The fraction of sp³-hybridized carbons (Fsp3) is 0.250. The van der Waals surface area contributed by atoms with E-state index in [0.29, 0.717) is 0 Å². The second-order valence-electron chi connectivity index (χ2n) is 25.1. The van der Waals surface area contributed by atoms with E-state index in [1.54, 1.807) is 0 Å². The number of anilines is 1. The number of nitrogens with one attached hydrogen (secondary N) is 2. The number of hydrogen-bond donors (Lipinski definition) is 2. The number of nitrogens with zero attached hydrogens (tertiary/aromatic N) is 3. The van der Waals surface area contributed by atoms with Gasteiger partial charge in [-0.2, -0.15) is 0 Å². The molecule has 5 nitrogen and oxygen atoms in total. The van der Waals surface area contributed by atoms with Gasteiger partial charge in [-0.1, -0.05) is 162 Å². The van der Waals surface area contributed by atoms with Gasteiger partial charge in [0.2, 0.25) is 0 Å². The summed E-state index contributed by atoms with van der Waals surface area (Å²) in [6, 6.07) is 48.2. The van der Waals surface area contributed by atoms with Crippen molar-refractivity contribution in [1.82, 2.24) is 19.9 Å². The zero-order chi connectivity index (χ0) is 54.8. The van der Waals surface area contributed by atoms with E-state index in [-0.39, 0.29) is 21.7 Å². The van der Waals surface area contributed by atoms with Crippen LogP contribution in [0.15, 0.2) is 133 Å². The van der Waals surface area contributed by atoms with Crippen molar-refractivity contribution in [2.75, 3.05) is 19.0 Å². The Kier molecular flexibility index (Phi) is 13.3. The second-order valence-corrected chi connectivity index (χ2v) is 25.1. The second kappa shape index (κ2) is 19.6. The molecule has 3 aromatic heterocycles. The van der Waals surface area contributed by atoms with Crippen LogP contribution in [0.25, 0.3) is 90.9 Å². The third kappa shape index (κ3) is 10.7. The minimum absolute atomic E-state index is 0.106. The van der Waals surface area contributed by atoms with Crippen LogP contribution in [-0.2, 0) is 21.7 Å². The van der Waals surface area contributed by atoms with Gasteiger partial charge in [-0.05, 0) is 163 Å². The normalized spacial score (nSPS) is 12.6. The first kappa shape index (κ1) is 52.1. The highest BCUT2D eigenvalue weighted by atomic mass is 15.1. The Bertz CT molecular complexity index is 3810. The number of fused-ring (bicyclic) bond motifs is 8. The monoisotopic (exact) mass is 1010 g/mol. The molecule has 0 atom stereocenters. The molecule has 0 saturated heterocycles. The zero-order valence-corrected chi connectivity index (χ0v) is 47.4. The van der Waals surface area contributed by atoms with Crippen molar-refractivity contribution in [3.8, 4) is 68.7 Å². The van der Waals surface area contributed by atoms with Gasteiger partial charge in [-0.15, -0.1) is 6.42 Å². The van der Waals surface area contributed by atoms with Crippen LogP contribution in [-0.4, -0.2) is 34.0 Å². The lowest BCUT2D eigenvalue weighted by Gasteiger charge is -2.26. The Morgan fingerprint density at radius 2 is 0.649 bits per heavy atom.